The summed E-state index contributed by atoms with van der Waals surface area (Å²) in [5.41, 5.74) is 5.25. The van der Waals surface area contributed by atoms with Crippen molar-refractivity contribution in [3.63, 3.8) is 0 Å². The molecule has 0 saturated carbocycles. The van der Waals surface area contributed by atoms with Crippen molar-refractivity contribution >= 4 is 5.78 Å². The molecule has 0 aromatic rings. The van der Waals surface area contributed by atoms with E-state index in [4.69, 9.17) is 0 Å². The number of rotatable bonds is 10. The van der Waals surface area contributed by atoms with Gasteiger partial charge >= 0.3 is 0 Å². The highest BCUT2D eigenvalue weighted by atomic mass is 16.3. The predicted octanol–water partition coefficient (Wildman–Crippen LogP) is 5.61. The van der Waals surface area contributed by atoms with Gasteiger partial charge in [-0.15, -0.1) is 0 Å². The lowest BCUT2D eigenvalue weighted by Crippen LogP contribution is -2.29. The molecular weight excluding hydrogens is 348 g/mol. The van der Waals surface area contributed by atoms with Crippen molar-refractivity contribution in [2.24, 2.45) is 5.92 Å². The average molecular weight is 387 g/mol. The van der Waals surface area contributed by atoms with Crippen molar-refractivity contribution < 1.29 is 15.0 Å². The zero-order valence-corrected chi connectivity index (χ0v) is 18.3. The molecule has 1 rings (SSSR count). The summed E-state index contributed by atoms with van der Waals surface area (Å²) in [6, 6.07) is 0. The first-order valence-electron chi connectivity index (χ1n) is 10.3. The number of aliphatic hydroxyl groups excluding tert-OH is 2. The van der Waals surface area contributed by atoms with Crippen molar-refractivity contribution in [3.8, 4) is 0 Å². The monoisotopic (exact) mass is 386 g/mol. The molecule has 2 N–H and O–H groups in total. The maximum atomic E-state index is 11.9. The normalized spacial score (nSPS) is 22.0. The van der Waals surface area contributed by atoms with Crippen LogP contribution in [0.2, 0.25) is 0 Å². The van der Waals surface area contributed by atoms with Crippen LogP contribution in [0.3, 0.4) is 0 Å². The molecule has 0 spiro atoms. The van der Waals surface area contributed by atoms with Crippen molar-refractivity contribution in [2.45, 2.75) is 85.4 Å². The highest BCUT2D eigenvalue weighted by Gasteiger charge is 2.29. The summed E-state index contributed by atoms with van der Waals surface area (Å²) in [6.07, 6.45) is 11.4. The van der Waals surface area contributed by atoms with Gasteiger partial charge in [-0.1, -0.05) is 47.1 Å². The lowest BCUT2D eigenvalue weighted by molar-refractivity contribution is -0.117. The summed E-state index contributed by atoms with van der Waals surface area (Å²) in [7, 11) is 0. The smallest absolute Gasteiger partial charge is 0.159 e. The molecule has 1 aliphatic carbocycles. The van der Waals surface area contributed by atoms with E-state index in [1.54, 1.807) is 13.0 Å². The Morgan fingerprint density at radius 1 is 1.18 bits per heavy atom. The molecule has 0 radical (unpaired) electrons. The van der Waals surface area contributed by atoms with Gasteiger partial charge in [0, 0.05) is 12.3 Å². The molecule has 0 saturated heterocycles. The van der Waals surface area contributed by atoms with Crippen LogP contribution in [-0.4, -0.2) is 28.2 Å². The van der Waals surface area contributed by atoms with Crippen LogP contribution in [-0.2, 0) is 4.79 Å². The van der Waals surface area contributed by atoms with Gasteiger partial charge in [-0.25, -0.2) is 0 Å². The fraction of sp³-hybridized carbons (Fsp3) is 0.560. The van der Waals surface area contributed by atoms with Gasteiger partial charge in [-0.05, 0) is 78.4 Å². The standard InChI is InChI=1S/C25H38O3/c1-17(2)9-7-10-18(3)11-8-12-19(4)13-22(26)14-20(5)23-16-24(27)21(6)15-25(23)28/h9,11,13,15,22-23,25-26,28H,5,7-8,10,12,14,16H2,1-4,6H3/b18-11+,19-13+/t22-,23-,25-/m1/s1. The Morgan fingerprint density at radius 2 is 1.79 bits per heavy atom. The minimum Gasteiger partial charge on any atom is -0.389 e. The number of hydrogen-bond acceptors (Lipinski definition) is 3. The number of carbonyl (C=O) groups is 1. The van der Waals surface area contributed by atoms with E-state index in [2.05, 4.69) is 39.5 Å². The van der Waals surface area contributed by atoms with Gasteiger partial charge in [-0.2, -0.15) is 0 Å². The molecule has 0 aliphatic heterocycles. The second-order valence-electron chi connectivity index (χ2n) is 8.43. The third-order valence-electron chi connectivity index (χ3n) is 5.27. The van der Waals surface area contributed by atoms with Gasteiger partial charge in [0.05, 0.1) is 12.2 Å². The van der Waals surface area contributed by atoms with Crippen LogP contribution in [0.4, 0.5) is 0 Å². The Bertz CT molecular complexity index is 672. The molecular formula is C25H38O3. The molecule has 0 bridgehead atoms. The Hall–Kier alpha value is -1.71. The molecule has 3 atom stereocenters. The van der Waals surface area contributed by atoms with Crippen LogP contribution in [0.1, 0.15) is 73.1 Å². The van der Waals surface area contributed by atoms with Gasteiger partial charge in [0.2, 0.25) is 0 Å². The first-order valence-corrected chi connectivity index (χ1v) is 10.3. The predicted molar refractivity (Wildman–Crippen MR) is 118 cm³/mol. The summed E-state index contributed by atoms with van der Waals surface area (Å²) >= 11 is 0. The first kappa shape index (κ1) is 24.3. The number of hydrogen-bond donors (Lipinski definition) is 2. The molecule has 0 unspecified atom stereocenters. The van der Waals surface area contributed by atoms with Crippen LogP contribution < -0.4 is 0 Å². The van der Waals surface area contributed by atoms with Crippen LogP contribution in [0.25, 0.3) is 0 Å². The van der Waals surface area contributed by atoms with E-state index in [0.717, 1.165) is 36.8 Å². The SMILES string of the molecule is C=C(C[C@H](O)/C=C(\C)CC/C=C(\C)CCC=C(C)C)[C@H]1CC(=O)C(C)=C[C@H]1O. The first-order chi connectivity index (χ1) is 13.1. The fourth-order valence-corrected chi connectivity index (χ4v) is 3.46. The summed E-state index contributed by atoms with van der Waals surface area (Å²) in [4.78, 5) is 11.9. The largest absolute Gasteiger partial charge is 0.389 e. The van der Waals surface area contributed by atoms with E-state index < -0.39 is 12.2 Å². The molecule has 28 heavy (non-hydrogen) atoms. The summed E-state index contributed by atoms with van der Waals surface area (Å²) in [5.74, 6) is -0.254. The number of carbonyl (C=O) groups excluding carboxylic acids is 1. The summed E-state index contributed by atoms with van der Waals surface area (Å²) < 4.78 is 0. The minimum absolute atomic E-state index is 0.0457. The van der Waals surface area contributed by atoms with Crippen molar-refractivity contribution in [1.29, 1.82) is 0 Å². The highest BCUT2D eigenvalue weighted by Crippen LogP contribution is 2.29. The number of aliphatic hydroxyl groups is 2. The van der Waals surface area contributed by atoms with Crippen LogP contribution in [0, 0.1) is 5.92 Å². The zero-order chi connectivity index (χ0) is 21.3. The molecule has 0 aromatic carbocycles. The fourth-order valence-electron chi connectivity index (χ4n) is 3.46. The summed E-state index contributed by atoms with van der Waals surface area (Å²) in [6.45, 7) is 14.2. The highest BCUT2D eigenvalue weighted by molar-refractivity contribution is 5.96. The van der Waals surface area contributed by atoms with Crippen molar-refractivity contribution in [2.75, 3.05) is 0 Å². The summed E-state index contributed by atoms with van der Waals surface area (Å²) in [5, 5.41) is 20.5. The number of allylic oxidation sites excluding steroid dienone is 6. The molecule has 1 aliphatic rings. The second-order valence-corrected chi connectivity index (χ2v) is 8.43. The van der Waals surface area contributed by atoms with E-state index in [9.17, 15) is 15.0 Å². The van der Waals surface area contributed by atoms with Gasteiger partial charge < -0.3 is 10.2 Å². The lowest BCUT2D eigenvalue weighted by atomic mass is 9.80. The maximum Gasteiger partial charge on any atom is 0.159 e. The number of Topliss-reactive ketones (excluding diaryl/α,β-unsaturated/α-hetero) is 1. The van der Waals surface area contributed by atoms with E-state index in [1.165, 1.54) is 11.1 Å². The quantitative estimate of drug-likeness (QED) is 0.480. The third kappa shape index (κ3) is 8.99. The molecule has 3 heteroatoms. The third-order valence-corrected chi connectivity index (χ3v) is 5.27. The van der Waals surface area contributed by atoms with E-state index >= 15 is 0 Å². The minimum atomic E-state index is -0.693. The van der Waals surface area contributed by atoms with Crippen molar-refractivity contribution in [3.05, 3.63) is 58.7 Å². The van der Waals surface area contributed by atoms with E-state index in [0.29, 0.717) is 12.0 Å². The molecule has 3 nitrogen and oxygen atoms in total. The molecule has 0 fully saturated rings. The van der Waals surface area contributed by atoms with Gasteiger partial charge in [0.25, 0.3) is 0 Å². The van der Waals surface area contributed by atoms with Crippen LogP contribution >= 0.6 is 0 Å². The van der Waals surface area contributed by atoms with Gasteiger partial charge in [-0.3, -0.25) is 4.79 Å². The van der Waals surface area contributed by atoms with Crippen LogP contribution in [0.5, 0.6) is 0 Å². The average Bonchev–Trinajstić information content (AvgIpc) is 2.57. The van der Waals surface area contributed by atoms with Gasteiger partial charge in [0.15, 0.2) is 5.78 Å². The number of ketones is 1. The lowest BCUT2D eigenvalue weighted by Gasteiger charge is -2.27. The Balaban J connectivity index is 2.47. The molecule has 0 heterocycles. The molecule has 0 aromatic heterocycles. The Morgan fingerprint density at radius 3 is 2.43 bits per heavy atom. The molecule has 156 valence electrons. The zero-order valence-electron chi connectivity index (χ0n) is 18.3. The Kier molecular flexibility index (Phi) is 10.4. The van der Waals surface area contributed by atoms with E-state index in [1.807, 2.05) is 13.0 Å². The topological polar surface area (TPSA) is 57.5 Å². The van der Waals surface area contributed by atoms with Crippen LogP contribution in [0.15, 0.2) is 58.7 Å². The van der Waals surface area contributed by atoms with E-state index in [-0.39, 0.29) is 18.1 Å². The van der Waals surface area contributed by atoms with Crippen molar-refractivity contribution in [1.82, 2.24) is 0 Å². The maximum absolute atomic E-state index is 11.9. The Labute approximate surface area is 171 Å². The molecule has 0 amide bonds. The van der Waals surface area contributed by atoms with Gasteiger partial charge in [0.1, 0.15) is 0 Å². The second kappa shape index (κ2) is 12.0.